The lowest BCUT2D eigenvalue weighted by atomic mass is 10.0. The normalized spacial score (nSPS) is 24.3. The Kier molecular flexibility index (Phi) is 4.60. The lowest BCUT2D eigenvalue weighted by molar-refractivity contribution is -0.126. The van der Waals surface area contributed by atoms with E-state index in [-0.39, 0.29) is 11.9 Å². The highest BCUT2D eigenvalue weighted by Gasteiger charge is 2.35. The second-order valence-corrected chi connectivity index (χ2v) is 6.21. The van der Waals surface area contributed by atoms with E-state index in [1.165, 1.54) is 12.8 Å². The molecule has 2 saturated heterocycles. The molecule has 1 atom stereocenters. The zero-order valence-electron chi connectivity index (χ0n) is 12.8. The van der Waals surface area contributed by atoms with Crippen molar-refractivity contribution in [2.45, 2.75) is 44.3 Å². The fourth-order valence-corrected chi connectivity index (χ4v) is 3.62. The lowest BCUT2D eigenvalue weighted by Crippen LogP contribution is -2.50. The number of carbonyl (C=O) groups excluding carboxylic acids is 1. The van der Waals surface area contributed by atoms with Crippen molar-refractivity contribution in [3.05, 3.63) is 24.0 Å². The van der Waals surface area contributed by atoms with Crippen LogP contribution in [0.15, 0.2) is 18.3 Å². The van der Waals surface area contributed by atoms with Crippen molar-refractivity contribution in [1.29, 1.82) is 0 Å². The first-order valence-electron chi connectivity index (χ1n) is 8.10. The Labute approximate surface area is 126 Å². The molecule has 5 heteroatoms. The molecule has 3 heterocycles. The van der Waals surface area contributed by atoms with Crippen molar-refractivity contribution in [3.8, 4) is 0 Å². The standard InChI is InChI=1S/C16H26N4O/c1-19-10-2-4-14(19)12-18-16(21)15-5-3-11-20(15)13-6-8-17-9-7-13/h2,4,10,13,15,17H,3,5-9,11-12H2,1H3,(H,18,21). The number of rotatable bonds is 4. The summed E-state index contributed by atoms with van der Waals surface area (Å²) in [5, 5.41) is 6.52. The number of hydrogen-bond donors (Lipinski definition) is 2. The van der Waals surface area contributed by atoms with E-state index >= 15 is 0 Å². The summed E-state index contributed by atoms with van der Waals surface area (Å²) in [4.78, 5) is 15.0. The van der Waals surface area contributed by atoms with Crippen molar-refractivity contribution in [2.24, 2.45) is 7.05 Å². The molecule has 0 saturated carbocycles. The van der Waals surface area contributed by atoms with Crippen LogP contribution in [0.25, 0.3) is 0 Å². The first kappa shape index (κ1) is 14.6. The van der Waals surface area contributed by atoms with Gasteiger partial charge < -0.3 is 15.2 Å². The summed E-state index contributed by atoms with van der Waals surface area (Å²) >= 11 is 0. The minimum atomic E-state index is 0.0772. The maximum absolute atomic E-state index is 12.5. The van der Waals surface area contributed by atoms with Crippen LogP contribution in [0.4, 0.5) is 0 Å². The second-order valence-electron chi connectivity index (χ2n) is 6.21. The number of likely N-dealkylation sites (tertiary alicyclic amines) is 1. The molecule has 0 aromatic carbocycles. The smallest absolute Gasteiger partial charge is 0.237 e. The van der Waals surface area contributed by atoms with Gasteiger partial charge in [0.1, 0.15) is 0 Å². The van der Waals surface area contributed by atoms with Gasteiger partial charge >= 0.3 is 0 Å². The van der Waals surface area contributed by atoms with Gasteiger partial charge in [-0.15, -0.1) is 0 Å². The van der Waals surface area contributed by atoms with Gasteiger partial charge in [0.25, 0.3) is 0 Å². The number of piperidine rings is 1. The van der Waals surface area contributed by atoms with Crippen molar-refractivity contribution < 1.29 is 4.79 Å². The van der Waals surface area contributed by atoms with Crippen LogP contribution < -0.4 is 10.6 Å². The monoisotopic (exact) mass is 290 g/mol. The summed E-state index contributed by atoms with van der Waals surface area (Å²) in [5.74, 6) is 0.201. The molecule has 1 unspecified atom stereocenters. The van der Waals surface area contributed by atoms with E-state index in [1.54, 1.807) is 0 Å². The molecule has 116 valence electrons. The Balaban J connectivity index is 1.56. The summed E-state index contributed by atoms with van der Waals surface area (Å²) in [5.41, 5.74) is 1.15. The van der Waals surface area contributed by atoms with Crippen LogP contribution in [0.5, 0.6) is 0 Å². The van der Waals surface area contributed by atoms with Crippen LogP contribution in [0.3, 0.4) is 0 Å². The highest BCUT2D eigenvalue weighted by atomic mass is 16.2. The third-order valence-corrected chi connectivity index (χ3v) is 4.87. The number of carbonyl (C=O) groups is 1. The van der Waals surface area contributed by atoms with Gasteiger partial charge in [0.05, 0.1) is 12.6 Å². The van der Waals surface area contributed by atoms with Gasteiger partial charge in [-0.2, -0.15) is 0 Å². The molecule has 0 aliphatic carbocycles. The van der Waals surface area contributed by atoms with E-state index < -0.39 is 0 Å². The highest BCUT2D eigenvalue weighted by molar-refractivity contribution is 5.82. The first-order valence-corrected chi connectivity index (χ1v) is 8.10. The summed E-state index contributed by atoms with van der Waals surface area (Å²) in [6, 6.07) is 4.73. The molecule has 21 heavy (non-hydrogen) atoms. The van der Waals surface area contributed by atoms with Crippen LogP contribution >= 0.6 is 0 Å². The average Bonchev–Trinajstić information content (AvgIpc) is 3.15. The maximum Gasteiger partial charge on any atom is 0.237 e. The Bertz CT molecular complexity index is 478. The van der Waals surface area contributed by atoms with E-state index in [0.717, 1.165) is 38.2 Å². The van der Waals surface area contributed by atoms with E-state index in [2.05, 4.69) is 26.2 Å². The maximum atomic E-state index is 12.5. The van der Waals surface area contributed by atoms with Gasteiger partial charge in [-0.1, -0.05) is 0 Å². The Morgan fingerprint density at radius 3 is 2.90 bits per heavy atom. The van der Waals surface area contributed by atoms with Gasteiger partial charge in [0.15, 0.2) is 0 Å². The number of aromatic nitrogens is 1. The van der Waals surface area contributed by atoms with Gasteiger partial charge in [-0.05, 0) is 57.5 Å². The molecular weight excluding hydrogens is 264 g/mol. The number of nitrogens with one attached hydrogen (secondary N) is 2. The minimum absolute atomic E-state index is 0.0772. The largest absolute Gasteiger partial charge is 0.353 e. The van der Waals surface area contributed by atoms with E-state index in [4.69, 9.17) is 0 Å². The predicted octanol–water partition coefficient (Wildman–Crippen LogP) is 0.858. The van der Waals surface area contributed by atoms with Crippen molar-refractivity contribution in [2.75, 3.05) is 19.6 Å². The molecule has 1 amide bonds. The third-order valence-electron chi connectivity index (χ3n) is 4.87. The van der Waals surface area contributed by atoms with E-state index in [1.807, 2.05) is 19.3 Å². The first-order chi connectivity index (χ1) is 10.3. The van der Waals surface area contributed by atoms with Crippen molar-refractivity contribution in [1.82, 2.24) is 20.1 Å². The number of amides is 1. The van der Waals surface area contributed by atoms with Crippen LogP contribution in [0.2, 0.25) is 0 Å². The summed E-state index contributed by atoms with van der Waals surface area (Å²) < 4.78 is 2.06. The molecule has 1 aromatic heterocycles. The van der Waals surface area contributed by atoms with Crippen molar-refractivity contribution >= 4 is 5.91 Å². The molecule has 2 fully saturated rings. The molecule has 0 spiro atoms. The van der Waals surface area contributed by atoms with Gasteiger partial charge in [-0.3, -0.25) is 9.69 Å². The molecule has 3 rings (SSSR count). The molecule has 2 aliphatic rings. The molecular formula is C16H26N4O. The summed E-state index contributed by atoms with van der Waals surface area (Å²) in [6.45, 7) is 3.86. The average molecular weight is 290 g/mol. The second kappa shape index (κ2) is 6.62. The van der Waals surface area contributed by atoms with E-state index in [0.29, 0.717) is 12.6 Å². The van der Waals surface area contributed by atoms with Crippen LogP contribution in [-0.4, -0.2) is 47.1 Å². The fourth-order valence-electron chi connectivity index (χ4n) is 3.62. The molecule has 2 N–H and O–H groups in total. The van der Waals surface area contributed by atoms with Crippen LogP contribution in [-0.2, 0) is 18.4 Å². The molecule has 5 nitrogen and oxygen atoms in total. The Morgan fingerprint density at radius 1 is 1.38 bits per heavy atom. The predicted molar refractivity (Wildman–Crippen MR) is 82.9 cm³/mol. The fraction of sp³-hybridized carbons (Fsp3) is 0.688. The van der Waals surface area contributed by atoms with Gasteiger partial charge in [-0.25, -0.2) is 0 Å². The molecule has 0 bridgehead atoms. The molecule has 0 radical (unpaired) electrons. The summed E-state index contributed by atoms with van der Waals surface area (Å²) in [6.07, 6.45) is 6.50. The minimum Gasteiger partial charge on any atom is -0.353 e. The SMILES string of the molecule is Cn1cccc1CNC(=O)C1CCCN1C1CCNCC1. The third kappa shape index (κ3) is 3.30. The summed E-state index contributed by atoms with van der Waals surface area (Å²) in [7, 11) is 2.01. The Hall–Kier alpha value is -1.33. The van der Waals surface area contributed by atoms with Crippen molar-refractivity contribution in [3.63, 3.8) is 0 Å². The van der Waals surface area contributed by atoms with Crippen LogP contribution in [0, 0.1) is 0 Å². The topological polar surface area (TPSA) is 49.3 Å². The zero-order valence-corrected chi connectivity index (χ0v) is 12.8. The number of aryl methyl sites for hydroxylation is 1. The highest BCUT2D eigenvalue weighted by Crippen LogP contribution is 2.24. The number of hydrogen-bond acceptors (Lipinski definition) is 3. The van der Waals surface area contributed by atoms with Gasteiger partial charge in [0.2, 0.25) is 5.91 Å². The molecule has 2 aliphatic heterocycles. The zero-order chi connectivity index (χ0) is 14.7. The van der Waals surface area contributed by atoms with Gasteiger partial charge in [0, 0.05) is 25.0 Å². The quantitative estimate of drug-likeness (QED) is 0.864. The van der Waals surface area contributed by atoms with E-state index in [9.17, 15) is 4.79 Å². The lowest BCUT2D eigenvalue weighted by Gasteiger charge is -2.35. The Morgan fingerprint density at radius 2 is 2.19 bits per heavy atom. The number of nitrogens with zero attached hydrogens (tertiary/aromatic N) is 2. The van der Waals surface area contributed by atoms with Crippen LogP contribution in [0.1, 0.15) is 31.4 Å². The molecule has 1 aromatic rings.